The Morgan fingerprint density at radius 2 is 1.65 bits per heavy atom. The number of aromatic nitrogens is 2. The van der Waals surface area contributed by atoms with Crippen molar-refractivity contribution in [1.29, 1.82) is 0 Å². The van der Waals surface area contributed by atoms with Crippen molar-refractivity contribution in [3.8, 4) is 0 Å². The lowest BCUT2D eigenvalue weighted by molar-refractivity contribution is -0.387. The van der Waals surface area contributed by atoms with E-state index in [0.717, 1.165) is 48.8 Å². The second-order valence-electron chi connectivity index (χ2n) is 6.82. The fourth-order valence-electron chi connectivity index (χ4n) is 3.11. The summed E-state index contributed by atoms with van der Waals surface area (Å²) >= 11 is 5.78. The van der Waals surface area contributed by atoms with Crippen LogP contribution in [0.15, 0.2) is 70.7 Å². The molecule has 0 fully saturated rings. The molecule has 34 heavy (non-hydrogen) atoms. The number of non-ortho nitro benzene ring substituents is 1. The third-order valence-electron chi connectivity index (χ3n) is 4.74. The van der Waals surface area contributed by atoms with Crippen LogP contribution in [0.4, 0.5) is 27.3 Å². The van der Waals surface area contributed by atoms with Crippen LogP contribution in [0.2, 0.25) is 5.02 Å². The Hall–Kier alpha value is -4.23. The summed E-state index contributed by atoms with van der Waals surface area (Å²) in [5.41, 5.74) is -0.689. The number of benzene rings is 3. The zero-order valence-corrected chi connectivity index (χ0v) is 18.2. The highest BCUT2D eigenvalue weighted by Crippen LogP contribution is 2.35. The summed E-state index contributed by atoms with van der Waals surface area (Å²) in [6.07, 6.45) is 1.11. The van der Waals surface area contributed by atoms with Gasteiger partial charge in [-0.15, -0.1) is 0 Å². The molecule has 11 nitrogen and oxygen atoms in total. The molecule has 14 heteroatoms. The number of nitro benzene ring substituents is 2. The number of hydrogen-bond acceptors (Lipinski definition) is 9. The van der Waals surface area contributed by atoms with Crippen LogP contribution in [0.1, 0.15) is 0 Å². The van der Waals surface area contributed by atoms with Gasteiger partial charge in [-0.25, -0.2) is 22.8 Å². The molecular weight excluding hydrogens is 493 g/mol. The van der Waals surface area contributed by atoms with E-state index in [9.17, 15) is 33.0 Å². The van der Waals surface area contributed by atoms with Crippen molar-refractivity contribution in [1.82, 2.24) is 9.97 Å². The molecule has 4 rings (SSSR count). The molecule has 0 saturated carbocycles. The minimum Gasteiger partial charge on any atom is -0.340 e. The van der Waals surface area contributed by atoms with Gasteiger partial charge in [-0.3, -0.25) is 20.2 Å². The summed E-state index contributed by atoms with van der Waals surface area (Å²) in [4.78, 5) is 28.1. The van der Waals surface area contributed by atoms with E-state index in [1.54, 1.807) is 0 Å². The Bertz CT molecular complexity index is 1580. The zero-order valence-electron chi connectivity index (χ0n) is 16.7. The molecule has 1 N–H and O–H groups in total. The molecule has 0 amide bonds. The monoisotopic (exact) mass is 503 g/mol. The average molecular weight is 504 g/mol. The van der Waals surface area contributed by atoms with E-state index >= 15 is 0 Å². The van der Waals surface area contributed by atoms with E-state index in [0.29, 0.717) is 5.69 Å². The van der Waals surface area contributed by atoms with Crippen molar-refractivity contribution in [2.45, 2.75) is 9.79 Å². The molecule has 0 atom stereocenters. The lowest BCUT2D eigenvalue weighted by atomic mass is 10.2. The minimum atomic E-state index is -4.43. The van der Waals surface area contributed by atoms with Crippen molar-refractivity contribution in [2.75, 3.05) is 5.32 Å². The Kier molecular flexibility index (Phi) is 5.81. The van der Waals surface area contributed by atoms with Crippen molar-refractivity contribution in [3.05, 3.63) is 92.0 Å². The summed E-state index contributed by atoms with van der Waals surface area (Å²) < 4.78 is 39.7. The predicted molar refractivity (Wildman–Crippen MR) is 119 cm³/mol. The smallest absolute Gasteiger partial charge is 0.289 e. The van der Waals surface area contributed by atoms with Crippen LogP contribution in [-0.4, -0.2) is 28.2 Å². The largest absolute Gasteiger partial charge is 0.340 e. The van der Waals surface area contributed by atoms with Crippen LogP contribution in [0.3, 0.4) is 0 Å². The van der Waals surface area contributed by atoms with Gasteiger partial charge in [-0.2, -0.15) is 0 Å². The number of sulfone groups is 1. The number of hydrogen-bond donors (Lipinski definition) is 1. The van der Waals surface area contributed by atoms with Crippen LogP contribution in [-0.2, 0) is 9.84 Å². The third kappa shape index (κ3) is 4.21. The van der Waals surface area contributed by atoms with Crippen molar-refractivity contribution < 1.29 is 22.7 Å². The molecule has 0 unspecified atom stereocenters. The molecule has 0 bridgehead atoms. The van der Waals surface area contributed by atoms with E-state index in [4.69, 9.17) is 11.6 Å². The van der Waals surface area contributed by atoms with E-state index in [1.165, 1.54) is 12.1 Å². The van der Waals surface area contributed by atoms with Gasteiger partial charge in [0.2, 0.25) is 9.84 Å². The Labute approximate surface area is 195 Å². The molecular formula is C20H11ClFN5O6S. The predicted octanol–water partition coefficient (Wildman–Crippen LogP) is 4.82. The number of nitrogens with one attached hydrogen (secondary N) is 1. The lowest BCUT2D eigenvalue weighted by Crippen LogP contribution is -2.07. The van der Waals surface area contributed by atoms with Gasteiger partial charge in [0.15, 0.2) is 4.90 Å². The molecule has 0 aliphatic heterocycles. The standard InChI is InChI=1S/C20H11ClFN5O6S/c21-15-7-11(1-6-16(15)22)25-20-14-8-18(27(30)31)19(9-17(14)23-10-24-20)34(32,33)13-4-2-12(3-5-13)26(28)29/h1-10H,(H,23,24,25). The first-order chi connectivity index (χ1) is 16.1. The van der Waals surface area contributed by atoms with Crippen LogP contribution < -0.4 is 5.32 Å². The maximum absolute atomic E-state index is 13.4. The topological polar surface area (TPSA) is 158 Å². The van der Waals surface area contributed by atoms with Gasteiger partial charge in [-0.05, 0) is 36.4 Å². The lowest BCUT2D eigenvalue weighted by Gasteiger charge is -2.11. The number of fused-ring (bicyclic) bond motifs is 1. The van der Waals surface area contributed by atoms with Gasteiger partial charge in [0.25, 0.3) is 11.4 Å². The van der Waals surface area contributed by atoms with E-state index in [-0.39, 0.29) is 32.3 Å². The molecule has 1 aromatic heterocycles. The SMILES string of the molecule is O=[N+]([O-])c1ccc(S(=O)(=O)c2cc3ncnc(Nc4ccc(F)c(Cl)c4)c3cc2[N+](=O)[O-])cc1. The highest BCUT2D eigenvalue weighted by atomic mass is 35.5. The van der Waals surface area contributed by atoms with Gasteiger partial charge in [0, 0.05) is 29.3 Å². The van der Waals surface area contributed by atoms with Gasteiger partial charge in [-0.1, -0.05) is 11.6 Å². The first-order valence-electron chi connectivity index (χ1n) is 9.22. The second kappa shape index (κ2) is 8.61. The summed E-state index contributed by atoms with van der Waals surface area (Å²) in [5.74, 6) is -0.549. The number of nitro groups is 2. The minimum absolute atomic E-state index is 0.0665. The van der Waals surface area contributed by atoms with E-state index < -0.39 is 36.1 Å². The number of anilines is 2. The average Bonchev–Trinajstić information content (AvgIpc) is 2.81. The number of rotatable bonds is 6. The first-order valence-corrected chi connectivity index (χ1v) is 11.1. The highest BCUT2D eigenvalue weighted by molar-refractivity contribution is 7.91. The summed E-state index contributed by atoms with van der Waals surface area (Å²) in [6.45, 7) is 0. The van der Waals surface area contributed by atoms with E-state index in [1.807, 2.05) is 0 Å². The molecule has 0 spiro atoms. The van der Waals surface area contributed by atoms with Crippen molar-refractivity contribution >= 4 is 55.2 Å². The molecule has 0 radical (unpaired) electrons. The van der Waals surface area contributed by atoms with Gasteiger partial charge < -0.3 is 5.32 Å². The molecule has 3 aromatic carbocycles. The molecule has 4 aromatic rings. The van der Waals surface area contributed by atoms with Crippen LogP contribution in [0.25, 0.3) is 10.9 Å². The van der Waals surface area contributed by atoms with Crippen molar-refractivity contribution in [3.63, 3.8) is 0 Å². The molecule has 1 heterocycles. The summed E-state index contributed by atoms with van der Waals surface area (Å²) in [6, 6.07) is 9.75. The summed E-state index contributed by atoms with van der Waals surface area (Å²) in [5, 5.41) is 25.4. The van der Waals surface area contributed by atoms with Crippen LogP contribution in [0.5, 0.6) is 0 Å². The Balaban J connectivity index is 1.85. The van der Waals surface area contributed by atoms with Crippen LogP contribution in [0, 0.1) is 26.0 Å². The number of halogens is 2. The third-order valence-corrected chi connectivity index (χ3v) is 6.83. The second-order valence-corrected chi connectivity index (χ2v) is 9.15. The maximum atomic E-state index is 13.4. The fourth-order valence-corrected chi connectivity index (χ4v) is 4.72. The Morgan fingerprint density at radius 1 is 0.941 bits per heavy atom. The fraction of sp³-hybridized carbons (Fsp3) is 0. The molecule has 0 saturated heterocycles. The summed E-state index contributed by atoms with van der Waals surface area (Å²) in [7, 11) is -4.43. The van der Waals surface area contributed by atoms with Crippen molar-refractivity contribution in [2.24, 2.45) is 0 Å². The Morgan fingerprint density at radius 3 is 2.26 bits per heavy atom. The quantitative estimate of drug-likeness (QED) is 0.287. The molecule has 0 aliphatic carbocycles. The molecule has 172 valence electrons. The van der Waals surface area contributed by atoms with Gasteiger partial charge in [0.05, 0.1) is 25.3 Å². The zero-order chi connectivity index (χ0) is 24.6. The number of nitrogens with zero attached hydrogens (tertiary/aromatic N) is 4. The highest BCUT2D eigenvalue weighted by Gasteiger charge is 2.30. The first kappa shape index (κ1) is 22.9. The van der Waals surface area contributed by atoms with E-state index in [2.05, 4.69) is 15.3 Å². The van der Waals surface area contributed by atoms with Crippen LogP contribution >= 0.6 is 11.6 Å². The normalized spacial score (nSPS) is 11.4. The molecule has 0 aliphatic rings. The van der Waals surface area contributed by atoms with Gasteiger partial charge >= 0.3 is 0 Å². The maximum Gasteiger partial charge on any atom is 0.289 e. The van der Waals surface area contributed by atoms with Gasteiger partial charge in [0.1, 0.15) is 18.0 Å².